The molecule has 0 bridgehead atoms. The predicted molar refractivity (Wildman–Crippen MR) is 37.3 cm³/mol. The smallest absolute Gasteiger partial charge is 0.0644 e. The third-order valence-corrected chi connectivity index (χ3v) is 2.06. The summed E-state index contributed by atoms with van der Waals surface area (Å²) in [7, 11) is 2.07. The van der Waals surface area contributed by atoms with Crippen LogP contribution >= 0.6 is 0 Å². The van der Waals surface area contributed by atoms with Crippen molar-refractivity contribution in [3.8, 4) is 0 Å². The minimum atomic E-state index is -0.466. The number of nitrogens with zero attached hydrogens (tertiary/aromatic N) is 1. The summed E-state index contributed by atoms with van der Waals surface area (Å²) >= 11 is 0. The monoisotopic (exact) mass is 129 g/mol. The molecule has 9 heavy (non-hydrogen) atoms. The first-order valence-corrected chi connectivity index (χ1v) is 3.41. The summed E-state index contributed by atoms with van der Waals surface area (Å²) in [6.07, 6.45) is 0. The Morgan fingerprint density at radius 2 is 1.89 bits per heavy atom. The molecule has 0 saturated carbocycles. The summed E-state index contributed by atoms with van der Waals surface area (Å²) in [5.41, 5.74) is -0.466. The van der Waals surface area contributed by atoms with Crippen LogP contribution in [0.1, 0.15) is 13.8 Å². The van der Waals surface area contributed by atoms with Crippen molar-refractivity contribution in [1.82, 2.24) is 4.90 Å². The zero-order valence-corrected chi connectivity index (χ0v) is 6.39. The van der Waals surface area contributed by atoms with Gasteiger partial charge < -0.3 is 10.0 Å². The maximum atomic E-state index is 9.43. The standard InChI is InChI=1S/C7H15NO/c1-7(2,9)6-4-8(3)5-6/h6,9H,4-5H2,1-3H3. The van der Waals surface area contributed by atoms with E-state index in [0.29, 0.717) is 5.92 Å². The van der Waals surface area contributed by atoms with E-state index in [4.69, 9.17) is 0 Å². The zero-order chi connectivity index (χ0) is 7.07. The van der Waals surface area contributed by atoms with E-state index in [2.05, 4.69) is 11.9 Å². The summed E-state index contributed by atoms with van der Waals surface area (Å²) in [6.45, 7) is 5.85. The molecule has 1 heterocycles. The molecular weight excluding hydrogens is 114 g/mol. The fourth-order valence-corrected chi connectivity index (χ4v) is 1.15. The van der Waals surface area contributed by atoms with Crippen molar-refractivity contribution in [2.45, 2.75) is 19.4 Å². The predicted octanol–water partition coefficient (Wildman–Crippen LogP) is 0.319. The van der Waals surface area contributed by atoms with Crippen LogP contribution in [0.25, 0.3) is 0 Å². The zero-order valence-electron chi connectivity index (χ0n) is 6.39. The van der Waals surface area contributed by atoms with E-state index in [1.165, 1.54) is 0 Å². The summed E-state index contributed by atoms with van der Waals surface area (Å²) in [4.78, 5) is 2.21. The molecule has 1 saturated heterocycles. The fraction of sp³-hybridized carbons (Fsp3) is 1.00. The van der Waals surface area contributed by atoms with Crippen molar-refractivity contribution in [3.63, 3.8) is 0 Å². The Bertz CT molecular complexity index is 100.0. The van der Waals surface area contributed by atoms with Gasteiger partial charge in [0.1, 0.15) is 0 Å². The van der Waals surface area contributed by atoms with Crippen LogP contribution in [-0.2, 0) is 0 Å². The van der Waals surface area contributed by atoms with E-state index < -0.39 is 5.60 Å². The van der Waals surface area contributed by atoms with Gasteiger partial charge in [-0.1, -0.05) is 0 Å². The van der Waals surface area contributed by atoms with Crippen LogP contribution in [0.3, 0.4) is 0 Å². The van der Waals surface area contributed by atoms with Gasteiger partial charge in [0.2, 0.25) is 0 Å². The van der Waals surface area contributed by atoms with E-state index in [1.807, 2.05) is 13.8 Å². The summed E-state index contributed by atoms with van der Waals surface area (Å²) in [5, 5.41) is 9.43. The first-order valence-electron chi connectivity index (χ1n) is 3.41. The topological polar surface area (TPSA) is 23.5 Å². The Kier molecular flexibility index (Phi) is 1.53. The molecule has 1 fully saturated rings. The van der Waals surface area contributed by atoms with Crippen molar-refractivity contribution < 1.29 is 5.11 Å². The van der Waals surface area contributed by atoms with Gasteiger partial charge in [-0.3, -0.25) is 0 Å². The minimum Gasteiger partial charge on any atom is -0.390 e. The van der Waals surface area contributed by atoms with Gasteiger partial charge in [0, 0.05) is 19.0 Å². The average Bonchev–Trinajstić information content (AvgIpc) is 1.55. The molecule has 0 spiro atoms. The lowest BCUT2D eigenvalue weighted by Crippen LogP contribution is -2.53. The van der Waals surface area contributed by atoms with E-state index in [9.17, 15) is 5.11 Å². The molecular formula is C7H15NO. The Labute approximate surface area is 56.5 Å². The Balaban J connectivity index is 2.32. The fourth-order valence-electron chi connectivity index (χ4n) is 1.15. The first-order chi connectivity index (χ1) is 4.00. The second kappa shape index (κ2) is 1.96. The van der Waals surface area contributed by atoms with Crippen LogP contribution in [0.4, 0.5) is 0 Å². The molecule has 1 N–H and O–H groups in total. The van der Waals surface area contributed by atoms with Gasteiger partial charge in [-0.05, 0) is 20.9 Å². The van der Waals surface area contributed by atoms with Crippen molar-refractivity contribution in [3.05, 3.63) is 0 Å². The Morgan fingerprint density at radius 3 is 2.00 bits per heavy atom. The van der Waals surface area contributed by atoms with E-state index >= 15 is 0 Å². The van der Waals surface area contributed by atoms with Gasteiger partial charge in [-0.25, -0.2) is 0 Å². The van der Waals surface area contributed by atoms with Crippen molar-refractivity contribution >= 4 is 0 Å². The molecule has 0 unspecified atom stereocenters. The van der Waals surface area contributed by atoms with Gasteiger partial charge in [-0.2, -0.15) is 0 Å². The second-order valence-corrected chi connectivity index (χ2v) is 3.57. The van der Waals surface area contributed by atoms with Crippen molar-refractivity contribution in [2.75, 3.05) is 20.1 Å². The normalized spacial score (nSPS) is 24.0. The number of hydrogen-bond donors (Lipinski definition) is 1. The van der Waals surface area contributed by atoms with Gasteiger partial charge in [-0.15, -0.1) is 0 Å². The SMILES string of the molecule is CN1CC(C(C)(C)O)C1. The first kappa shape index (κ1) is 7.03. The van der Waals surface area contributed by atoms with Gasteiger partial charge >= 0.3 is 0 Å². The molecule has 0 aromatic rings. The molecule has 2 nitrogen and oxygen atoms in total. The lowest BCUT2D eigenvalue weighted by molar-refractivity contribution is -0.0525. The van der Waals surface area contributed by atoms with Crippen LogP contribution in [0.5, 0.6) is 0 Å². The van der Waals surface area contributed by atoms with E-state index in [1.54, 1.807) is 0 Å². The van der Waals surface area contributed by atoms with E-state index in [-0.39, 0.29) is 0 Å². The second-order valence-electron chi connectivity index (χ2n) is 3.57. The van der Waals surface area contributed by atoms with Crippen LogP contribution < -0.4 is 0 Å². The maximum Gasteiger partial charge on any atom is 0.0644 e. The highest BCUT2D eigenvalue weighted by Crippen LogP contribution is 2.24. The van der Waals surface area contributed by atoms with Gasteiger partial charge in [0.05, 0.1) is 5.60 Å². The average molecular weight is 129 g/mol. The minimum absolute atomic E-state index is 0.466. The maximum absolute atomic E-state index is 9.43. The molecule has 2 heteroatoms. The number of hydrogen-bond acceptors (Lipinski definition) is 2. The van der Waals surface area contributed by atoms with Crippen LogP contribution in [0.2, 0.25) is 0 Å². The molecule has 0 aromatic carbocycles. The highest BCUT2D eigenvalue weighted by atomic mass is 16.3. The number of likely N-dealkylation sites (tertiary alicyclic amines) is 1. The molecule has 0 radical (unpaired) electrons. The van der Waals surface area contributed by atoms with Crippen LogP contribution in [-0.4, -0.2) is 35.7 Å². The Hall–Kier alpha value is -0.0800. The largest absolute Gasteiger partial charge is 0.390 e. The van der Waals surface area contributed by atoms with Crippen molar-refractivity contribution in [1.29, 1.82) is 0 Å². The third-order valence-electron chi connectivity index (χ3n) is 2.06. The molecule has 1 rings (SSSR count). The number of rotatable bonds is 1. The van der Waals surface area contributed by atoms with Crippen molar-refractivity contribution in [2.24, 2.45) is 5.92 Å². The highest BCUT2D eigenvalue weighted by Gasteiger charge is 2.35. The lowest BCUT2D eigenvalue weighted by atomic mass is 9.85. The number of aliphatic hydroxyl groups is 1. The summed E-state index contributed by atoms with van der Waals surface area (Å²) in [6, 6.07) is 0. The van der Waals surface area contributed by atoms with E-state index in [0.717, 1.165) is 13.1 Å². The highest BCUT2D eigenvalue weighted by molar-refractivity contribution is 4.88. The van der Waals surface area contributed by atoms with Gasteiger partial charge in [0.15, 0.2) is 0 Å². The molecule has 0 aliphatic carbocycles. The summed E-state index contributed by atoms with van der Waals surface area (Å²) in [5.74, 6) is 0.488. The Morgan fingerprint density at radius 1 is 1.44 bits per heavy atom. The molecule has 0 amide bonds. The molecule has 0 aromatic heterocycles. The third kappa shape index (κ3) is 1.43. The molecule has 1 aliphatic heterocycles. The van der Waals surface area contributed by atoms with Crippen LogP contribution in [0, 0.1) is 5.92 Å². The lowest BCUT2D eigenvalue weighted by Gasteiger charge is -2.43. The quantitative estimate of drug-likeness (QED) is 0.551. The molecule has 54 valence electrons. The van der Waals surface area contributed by atoms with Crippen LogP contribution in [0.15, 0.2) is 0 Å². The molecule has 1 aliphatic rings. The summed E-state index contributed by atoms with van der Waals surface area (Å²) < 4.78 is 0. The molecule has 0 atom stereocenters. The van der Waals surface area contributed by atoms with Gasteiger partial charge in [0.25, 0.3) is 0 Å².